The van der Waals surface area contributed by atoms with E-state index in [1.54, 1.807) is 74.8 Å². The second-order valence-electron chi connectivity index (χ2n) is 34.1. The molecule has 22 N–H and O–H groups in total. The number of fused-ring (bicyclic) bond motifs is 4. The summed E-state index contributed by atoms with van der Waals surface area (Å²) in [6.45, 7) is 3.81. The number of aliphatic hydroxyl groups excluding tert-OH is 2. The molecule has 0 unspecified atom stereocenters. The average Bonchev–Trinajstić information content (AvgIpc) is 1.72. The van der Waals surface area contributed by atoms with Crippen LogP contribution in [-0.4, -0.2) is 316 Å². The van der Waals surface area contributed by atoms with Crippen molar-refractivity contribution in [2.75, 3.05) is 65.4 Å². The van der Waals surface area contributed by atoms with E-state index in [0.717, 1.165) is 31.4 Å². The number of aromatic hydroxyl groups is 1. The number of carbonyl (C=O) groups excluding carboxylic acids is 18. The Morgan fingerprint density at radius 1 is 0.541 bits per heavy atom. The Labute approximate surface area is 771 Å². The molecule has 3 fully saturated rings. The molecular formula is C89H122N22O21S. The maximum absolute atomic E-state index is 15.7. The molecule has 9 rings (SSSR count). The predicted octanol–water partition coefficient (Wildman–Crippen LogP) is -3.32. The summed E-state index contributed by atoms with van der Waals surface area (Å²) >= 11 is 0.784. The Bertz CT molecular complexity index is 5160. The quantitative estimate of drug-likeness (QED) is 0.0267. The fraction of sp³-hybridized carbons (Fsp3) is 0.517. The number of likely N-dealkylation sites (N-methyl/N-ethyl adjacent to an activating group) is 3. The molecular weight excluding hydrogens is 1750 g/mol. The highest BCUT2D eigenvalue weighted by atomic mass is 32.2. The minimum atomic E-state index is -1.91. The average molecular weight is 1870 g/mol. The van der Waals surface area contributed by atoms with Crippen LogP contribution in [0, 0.1) is 5.92 Å². The monoisotopic (exact) mass is 1870 g/mol. The van der Waals surface area contributed by atoms with Gasteiger partial charge in [0.25, 0.3) is 0 Å². The van der Waals surface area contributed by atoms with E-state index in [0.29, 0.717) is 64.2 Å². The zero-order valence-electron chi connectivity index (χ0n) is 75.4. The van der Waals surface area contributed by atoms with Crippen LogP contribution in [0.15, 0.2) is 97.7 Å². The number of hydrogen-bond acceptors (Lipinski definition) is 23. The van der Waals surface area contributed by atoms with Crippen LogP contribution < -0.4 is 70.4 Å². The topological polar surface area (TPSA) is 643 Å². The van der Waals surface area contributed by atoms with Gasteiger partial charge in [-0.2, -0.15) is 0 Å². The molecule has 14 atom stereocenters. The van der Waals surface area contributed by atoms with Crippen molar-refractivity contribution < 1.29 is 102 Å². The molecule has 43 nitrogen and oxygen atoms in total. The zero-order chi connectivity index (χ0) is 97.0. The van der Waals surface area contributed by atoms with Crippen LogP contribution in [0.2, 0.25) is 0 Å². The van der Waals surface area contributed by atoms with Gasteiger partial charge in [0.2, 0.25) is 106 Å². The molecule has 44 heteroatoms. The number of nitrogens with two attached hydrogens (primary N) is 3. The van der Waals surface area contributed by atoms with Gasteiger partial charge in [0.05, 0.1) is 44.3 Å². The smallest absolute Gasteiger partial charge is 0.246 e. The van der Waals surface area contributed by atoms with Crippen molar-refractivity contribution in [2.24, 2.45) is 23.1 Å². The van der Waals surface area contributed by atoms with E-state index >= 15 is 38.4 Å². The molecule has 0 saturated carbocycles. The number of phenolic OH excluding ortho intramolecular Hbond substituents is 1. The number of para-hydroxylation sites is 2. The summed E-state index contributed by atoms with van der Waals surface area (Å²) in [6, 6.07) is -1.19. The van der Waals surface area contributed by atoms with Crippen molar-refractivity contribution in [1.29, 1.82) is 0 Å². The lowest BCUT2D eigenvalue weighted by atomic mass is 9.99. The number of hydrogen-bond donors (Lipinski definition) is 19. The first kappa shape index (κ1) is 103. The van der Waals surface area contributed by atoms with Crippen molar-refractivity contribution in [1.82, 2.24) is 97.6 Å². The van der Waals surface area contributed by atoms with Crippen molar-refractivity contribution in [3.8, 4) is 5.75 Å². The highest BCUT2D eigenvalue weighted by Crippen LogP contribution is 2.28. The van der Waals surface area contributed by atoms with Gasteiger partial charge in [-0.1, -0.05) is 102 Å². The van der Waals surface area contributed by atoms with Gasteiger partial charge in [0.1, 0.15) is 84.3 Å². The van der Waals surface area contributed by atoms with E-state index in [9.17, 15) is 63.3 Å². The number of amides is 18. The number of nitrogens with zero attached hydrogens (tertiary/aromatic N) is 6. The Morgan fingerprint density at radius 3 is 1.68 bits per heavy atom. The number of rotatable bonds is 25. The van der Waals surface area contributed by atoms with Gasteiger partial charge in [-0.25, -0.2) is 4.98 Å². The summed E-state index contributed by atoms with van der Waals surface area (Å²) in [5.41, 5.74) is 19.6. The van der Waals surface area contributed by atoms with Crippen molar-refractivity contribution in [2.45, 2.75) is 221 Å². The zero-order valence-corrected chi connectivity index (χ0v) is 76.2. The van der Waals surface area contributed by atoms with E-state index in [-0.39, 0.29) is 81.7 Å². The fourth-order valence-electron chi connectivity index (χ4n) is 16.4. The third kappa shape index (κ3) is 29.0. The van der Waals surface area contributed by atoms with Crippen LogP contribution in [0.5, 0.6) is 5.75 Å². The maximum atomic E-state index is 15.7. The maximum Gasteiger partial charge on any atom is 0.246 e. The summed E-state index contributed by atoms with van der Waals surface area (Å²) in [5.74, 6) is -18.8. The minimum Gasteiger partial charge on any atom is -0.508 e. The van der Waals surface area contributed by atoms with Crippen LogP contribution in [-0.2, 0) is 112 Å². The van der Waals surface area contributed by atoms with Gasteiger partial charge in [-0.3, -0.25) is 86.3 Å². The number of thioether (sulfide) groups is 1. The number of nitrogens with one attached hydrogen (secondary N) is 13. The lowest BCUT2D eigenvalue weighted by Crippen LogP contribution is -2.62. The summed E-state index contributed by atoms with van der Waals surface area (Å²) in [7, 11) is 3.90. The number of aromatic nitrogens is 4. The Kier molecular flexibility index (Phi) is 38.1. The largest absolute Gasteiger partial charge is 0.508 e. The fourth-order valence-corrected chi connectivity index (χ4v) is 17.3. The minimum absolute atomic E-state index is 0.00299. The predicted molar refractivity (Wildman–Crippen MR) is 484 cm³/mol. The van der Waals surface area contributed by atoms with Crippen LogP contribution in [0.3, 0.4) is 0 Å². The number of carbonyl (C=O) groups is 18. The number of unbranched alkanes of at least 4 members (excludes halogenated alkanes) is 2. The van der Waals surface area contributed by atoms with E-state index in [1.165, 1.54) is 62.8 Å². The molecule has 0 spiro atoms. The SMILES string of the molecule is CCCC[C@H]1C(=O)N(C)[C@@H](CCCC)C(=O)N[C@@H](CC(C)C)C(=O)N[C@H](C(=O)NCC(N)=O)CSCC(=O)N[C@@H](Cc2ccc(O)cc2)C(=O)N(C)CC(=O)N[C@@H](CC(N)=O)C(=O)N2CCC[C@H]2C(=O)N[C@@H](Cc2cnc[nH]2)C(=O)N[C@@H](CCC(N)=O)C(=O)N2C[C@H](O)C[C@H]2C(=O)N[C@@H](Cc2c[nH]c3ccccc23)C(=O)N[C@@H](CO)C(=O)N[C@@H](Cc2c[nH]c3ccccc23)C(=O)N1C. The first-order valence-corrected chi connectivity index (χ1v) is 45.5. The standard InChI is InChI=1S/C89H122N22O21S/c1-8-10-21-68-82(125)101-60(31-48(3)4)78(121)106-67(77(120)96-41-74(92)117)45-133-46-76(119)99-63(32-49-24-26-53(113)27-25-49)85(128)107(5)43-75(118)98-65(37-73(91)116)88(131)110-30-16-23-69(110)83(126)103-62(35-52-40-93-47-97-52)80(123)100-59(28-29-72(90)115)87(130)111-42-54(114)36-71(111)84(127)102-61(33-50-38-94-57-19-14-12-17-55(50)57)79(122)105-66(44-112)81(124)104-64(34-51-39-95-58-20-15-13-18-56(51)58)86(129)109(7)70(22-11-9-2)89(132)108(68)6/h12-15,17-20,24-27,38-40,47-48,54,59-71,94-95,112-114H,8-11,16,21-23,28-37,41-46H2,1-7H3,(H2,90,115)(H2,91,116)(H2,92,117)(H,93,97)(H,96,120)(H,98,118)(H,99,119)(H,100,123)(H,101,125)(H,102,127)(H,103,126)(H,104,124)(H,105,122)(H,106,121)/t54-,59+,60+,61+,62+,63+,64+,65+,66+,67+,68+,69+,70+,71+/m1/s1. The number of benzene rings is 3. The van der Waals surface area contributed by atoms with E-state index in [2.05, 4.69) is 73.1 Å². The number of aliphatic hydroxyl groups is 2. The molecule has 0 radical (unpaired) electrons. The first-order valence-electron chi connectivity index (χ1n) is 44.3. The molecule has 3 aliphatic rings. The second kappa shape index (κ2) is 49.1. The molecule has 6 heterocycles. The van der Waals surface area contributed by atoms with Crippen LogP contribution in [0.1, 0.15) is 134 Å². The molecule has 133 heavy (non-hydrogen) atoms. The van der Waals surface area contributed by atoms with Crippen molar-refractivity contribution in [3.63, 3.8) is 0 Å². The Hall–Kier alpha value is -13.5. The van der Waals surface area contributed by atoms with Crippen LogP contribution in [0.25, 0.3) is 21.8 Å². The van der Waals surface area contributed by atoms with Gasteiger partial charge < -0.3 is 125 Å². The summed E-state index contributed by atoms with van der Waals surface area (Å²) in [6.07, 6.45) is 2.42. The van der Waals surface area contributed by atoms with Gasteiger partial charge in [0.15, 0.2) is 0 Å². The molecule has 0 bridgehead atoms. The number of imidazole rings is 1. The normalized spacial score (nSPS) is 24.4. The van der Waals surface area contributed by atoms with Gasteiger partial charge in [-0.05, 0) is 85.4 Å². The molecule has 3 aliphatic heterocycles. The lowest BCUT2D eigenvalue weighted by Gasteiger charge is -2.36. The highest BCUT2D eigenvalue weighted by molar-refractivity contribution is 8.00. The summed E-state index contributed by atoms with van der Waals surface area (Å²) < 4.78 is 0. The summed E-state index contributed by atoms with van der Waals surface area (Å²) in [4.78, 5) is 280. The van der Waals surface area contributed by atoms with Gasteiger partial charge >= 0.3 is 0 Å². The van der Waals surface area contributed by atoms with Crippen molar-refractivity contribution in [3.05, 3.63) is 120 Å². The van der Waals surface area contributed by atoms with Crippen LogP contribution >= 0.6 is 11.8 Å². The van der Waals surface area contributed by atoms with Gasteiger partial charge in [-0.15, -0.1) is 11.8 Å². The molecule has 6 aromatic rings. The molecule has 720 valence electrons. The highest BCUT2D eigenvalue weighted by Gasteiger charge is 2.47. The van der Waals surface area contributed by atoms with Crippen molar-refractivity contribution >= 4 is 140 Å². The number of phenols is 1. The third-order valence-corrected chi connectivity index (χ3v) is 24.5. The Balaban J connectivity index is 1.09. The summed E-state index contributed by atoms with van der Waals surface area (Å²) in [5, 5.41) is 60.1. The number of aromatic amines is 3. The number of H-pyrrole nitrogens is 3. The third-order valence-electron chi connectivity index (χ3n) is 23.5. The first-order chi connectivity index (χ1) is 63.4. The Morgan fingerprint density at radius 2 is 1.08 bits per heavy atom. The van der Waals surface area contributed by atoms with Gasteiger partial charge in [0, 0.05) is 125 Å². The van der Waals surface area contributed by atoms with E-state index in [1.807, 2.05) is 13.8 Å². The number of primary amides is 3. The molecule has 0 aliphatic carbocycles. The van der Waals surface area contributed by atoms with Crippen LogP contribution in [0.4, 0.5) is 0 Å². The van der Waals surface area contributed by atoms with E-state index < -0.39 is 254 Å². The molecule has 18 amide bonds. The molecule has 3 saturated heterocycles. The van der Waals surface area contributed by atoms with E-state index in [4.69, 9.17) is 17.2 Å². The molecule has 3 aromatic heterocycles. The molecule has 3 aromatic carbocycles. The lowest BCUT2D eigenvalue weighted by molar-refractivity contribution is -0.149. The second-order valence-corrected chi connectivity index (χ2v) is 35.2.